The number of halogens is 1. The fourth-order valence-electron chi connectivity index (χ4n) is 2.11. The van der Waals surface area contributed by atoms with Gasteiger partial charge in [0, 0.05) is 28.3 Å². The molecule has 1 aromatic carbocycles. The number of carbonyl (C=O) groups is 1. The molecule has 0 bridgehead atoms. The molecule has 21 heavy (non-hydrogen) atoms. The van der Waals surface area contributed by atoms with Gasteiger partial charge in [-0.3, -0.25) is 4.79 Å². The Balaban J connectivity index is 1.59. The molecule has 3 rings (SSSR count). The molecule has 4 nitrogen and oxygen atoms in total. The average molecular weight is 325 g/mol. The third-order valence-corrected chi connectivity index (χ3v) is 4.90. The molecule has 0 saturated heterocycles. The van der Waals surface area contributed by atoms with Gasteiger partial charge in [-0.05, 0) is 37.0 Å². The van der Waals surface area contributed by atoms with Gasteiger partial charge in [-0.2, -0.15) is 0 Å². The minimum absolute atomic E-state index is 0.153. The van der Waals surface area contributed by atoms with E-state index in [1.807, 2.05) is 6.07 Å². The van der Waals surface area contributed by atoms with Crippen LogP contribution in [0.1, 0.15) is 22.5 Å². The molecule has 1 fully saturated rings. The van der Waals surface area contributed by atoms with Crippen molar-refractivity contribution < 1.29 is 9.53 Å². The Morgan fingerprint density at radius 2 is 2.29 bits per heavy atom. The second kappa shape index (κ2) is 6.22. The van der Waals surface area contributed by atoms with Gasteiger partial charge in [0.15, 0.2) is 0 Å². The average Bonchev–Trinajstić information content (AvgIpc) is 3.23. The molecule has 3 N–H and O–H groups in total. The summed E-state index contributed by atoms with van der Waals surface area (Å²) in [5.41, 5.74) is 6.54. The summed E-state index contributed by atoms with van der Waals surface area (Å²) < 4.78 is 6.45. The lowest BCUT2D eigenvalue weighted by Gasteiger charge is -2.05. The largest absolute Gasteiger partial charge is 0.397 e. The van der Waals surface area contributed by atoms with Crippen LogP contribution in [0, 0.1) is 5.92 Å². The molecule has 0 radical (unpaired) electrons. The number of hydrogen-bond acceptors (Lipinski definition) is 4. The minimum Gasteiger partial charge on any atom is -0.397 e. The molecule has 1 aliphatic carbocycles. The van der Waals surface area contributed by atoms with E-state index in [0.29, 0.717) is 28.7 Å². The molecule has 1 saturated carbocycles. The predicted molar refractivity (Wildman–Crippen MR) is 87.1 cm³/mol. The number of ether oxygens (including phenoxy) is 1. The number of rotatable bonds is 6. The molecule has 112 valence electrons. The summed E-state index contributed by atoms with van der Waals surface area (Å²) in [7, 11) is 0. The van der Waals surface area contributed by atoms with E-state index in [2.05, 4.69) is 5.32 Å². The van der Waals surface area contributed by atoms with E-state index in [9.17, 15) is 4.79 Å². The van der Waals surface area contributed by atoms with Gasteiger partial charge < -0.3 is 15.8 Å². The molecule has 2 aromatic rings. The van der Waals surface area contributed by atoms with Crippen molar-refractivity contribution in [3.05, 3.63) is 28.1 Å². The number of fused-ring (bicyclic) bond motifs is 1. The molecule has 1 aliphatic rings. The van der Waals surface area contributed by atoms with Gasteiger partial charge in [0.25, 0.3) is 5.91 Å². The van der Waals surface area contributed by atoms with Gasteiger partial charge in [-0.15, -0.1) is 11.3 Å². The molecule has 0 spiro atoms. The quantitative estimate of drug-likeness (QED) is 0.801. The first-order chi connectivity index (χ1) is 10.1. The lowest BCUT2D eigenvalue weighted by atomic mass is 10.2. The highest BCUT2D eigenvalue weighted by molar-refractivity contribution is 7.21. The number of nitrogens with two attached hydrogens (primary N) is 1. The molecule has 6 heteroatoms. The number of carbonyl (C=O) groups excluding carboxylic acids is 1. The van der Waals surface area contributed by atoms with Crippen molar-refractivity contribution >= 4 is 44.6 Å². The Hall–Kier alpha value is -1.30. The van der Waals surface area contributed by atoms with E-state index in [4.69, 9.17) is 22.1 Å². The zero-order valence-electron chi connectivity index (χ0n) is 11.5. The molecular formula is C15H17ClN2O2S. The zero-order chi connectivity index (χ0) is 14.8. The lowest BCUT2D eigenvalue weighted by Crippen LogP contribution is -2.27. The SMILES string of the molecule is Nc1c(C(=O)NCCOCC2CC2)sc2ccc(Cl)cc12. The van der Waals surface area contributed by atoms with Gasteiger partial charge in [-0.1, -0.05) is 11.6 Å². The summed E-state index contributed by atoms with van der Waals surface area (Å²) in [4.78, 5) is 12.7. The predicted octanol–water partition coefficient (Wildman–Crippen LogP) is 3.29. The van der Waals surface area contributed by atoms with Crippen LogP contribution in [-0.2, 0) is 4.74 Å². The Morgan fingerprint density at radius 1 is 1.48 bits per heavy atom. The van der Waals surface area contributed by atoms with Crippen LogP contribution in [0.2, 0.25) is 5.02 Å². The number of hydrogen-bond donors (Lipinski definition) is 2. The molecule has 1 aromatic heterocycles. The van der Waals surface area contributed by atoms with Crippen LogP contribution >= 0.6 is 22.9 Å². The number of nitrogens with one attached hydrogen (secondary N) is 1. The van der Waals surface area contributed by atoms with E-state index < -0.39 is 0 Å². The van der Waals surface area contributed by atoms with Crippen LogP contribution in [0.5, 0.6) is 0 Å². The number of amides is 1. The first-order valence-electron chi connectivity index (χ1n) is 6.98. The molecule has 1 amide bonds. The highest BCUT2D eigenvalue weighted by Crippen LogP contribution is 2.35. The van der Waals surface area contributed by atoms with E-state index in [1.165, 1.54) is 24.2 Å². The van der Waals surface area contributed by atoms with E-state index in [1.54, 1.807) is 12.1 Å². The van der Waals surface area contributed by atoms with Gasteiger partial charge in [-0.25, -0.2) is 0 Å². The Morgan fingerprint density at radius 3 is 3.05 bits per heavy atom. The van der Waals surface area contributed by atoms with Gasteiger partial charge in [0.05, 0.1) is 12.3 Å². The van der Waals surface area contributed by atoms with Crippen molar-refractivity contribution in [2.45, 2.75) is 12.8 Å². The highest BCUT2D eigenvalue weighted by atomic mass is 35.5. The normalized spacial score (nSPS) is 14.5. The molecule has 0 unspecified atom stereocenters. The zero-order valence-corrected chi connectivity index (χ0v) is 13.1. The second-order valence-electron chi connectivity index (χ2n) is 5.26. The fraction of sp³-hybridized carbons (Fsp3) is 0.400. The first kappa shape index (κ1) is 14.6. The van der Waals surface area contributed by atoms with Gasteiger partial charge in [0.2, 0.25) is 0 Å². The van der Waals surface area contributed by atoms with Crippen molar-refractivity contribution in [1.82, 2.24) is 5.32 Å². The molecule has 0 atom stereocenters. The topological polar surface area (TPSA) is 64.4 Å². The summed E-state index contributed by atoms with van der Waals surface area (Å²) in [6.45, 7) is 1.85. The van der Waals surface area contributed by atoms with Crippen LogP contribution in [-0.4, -0.2) is 25.7 Å². The minimum atomic E-state index is -0.153. The number of nitrogen functional groups attached to an aromatic ring is 1. The Labute approximate surface area is 132 Å². The van der Waals surface area contributed by atoms with Crippen molar-refractivity contribution in [2.75, 3.05) is 25.5 Å². The molecule has 1 heterocycles. The number of benzene rings is 1. The maximum atomic E-state index is 12.2. The van der Waals surface area contributed by atoms with Crippen LogP contribution in [0.4, 0.5) is 5.69 Å². The van der Waals surface area contributed by atoms with E-state index >= 15 is 0 Å². The van der Waals surface area contributed by atoms with Crippen molar-refractivity contribution in [3.63, 3.8) is 0 Å². The summed E-state index contributed by atoms with van der Waals surface area (Å²) in [6.07, 6.45) is 2.54. The maximum absolute atomic E-state index is 12.2. The van der Waals surface area contributed by atoms with Gasteiger partial charge in [0.1, 0.15) is 4.88 Å². The molecular weight excluding hydrogens is 308 g/mol. The smallest absolute Gasteiger partial charge is 0.263 e. The molecule has 0 aliphatic heterocycles. The summed E-state index contributed by atoms with van der Waals surface area (Å²) in [6, 6.07) is 5.47. The van der Waals surface area contributed by atoms with E-state index in [0.717, 1.165) is 22.6 Å². The van der Waals surface area contributed by atoms with Crippen molar-refractivity contribution in [1.29, 1.82) is 0 Å². The van der Waals surface area contributed by atoms with Crippen LogP contribution < -0.4 is 11.1 Å². The monoisotopic (exact) mass is 324 g/mol. The second-order valence-corrected chi connectivity index (χ2v) is 6.75. The lowest BCUT2D eigenvalue weighted by molar-refractivity contribution is 0.0911. The van der Waals surface area contributed by atoms with Crippen LogP contribution in [0.3, 0.4) is 0 Å². The fourth-order valence-corrected chi connectivity index (χ4v) is 3.30. The van der Waals surface area contributed by atoms with E-state index in [-0.39, 0.29) is 5.91 Å². The number of anilines is 1. The first-order valence-corrected chi connectivity index (χ1v) is 8.18. The van der Waals surface area contributed by atoms with Crippen LogP contribution in [0.15, 0.2) is 18.2 Å². The highest BCUT2D eigenvalue weighted by Gasteiger charge is 2.21. The van der Waals surface area contributed by atoms with Crippen LogP contribution in [0.25, 0.3) is 10.1 Å². The summed E-state index contributed by atoms with van der Waals surface area (Å²) in [5, 5.41) is 4.30. The maximum Gasteiger partial charge on any atom is 0.263 e. The summed E-state index contributed by atoms with van der Waals surface area (Å²) in [5.74, 6) is 0.587. The number of thiophene rings is 1. The van der Waals surface area contributed by atoms with Crippen molar-refractivity contribution in [2.24, 2.45) is 5.92 Å². The summed E-state index contributed by atoms with van der Waals surface area (Å²) >= 11 is 7.34. The Bertz CT molecular complexity index is 667. The standard InChI is InChI=1S/C15H17ClN2O2S/c16-10-3-4-12-11(7-10)13(17)14(21-12)15(19)18-5-6-20-8-9-1-2-9/h3-4,7,9H,1-2,5-6,8,17H2,(H,18,19). The van der Waals surface area contributed by atoms with Gasteiger partial charge >= 0.3 is 0 Å². The van der Waals surface area contributed by atoms with Crippen molar-refractivity contribution in [3.8, 4) is 0 Å². The third-order valence-electron chi connectivity index (χ3n) is 3.48. The third kappa shape index (κ3) is 3.48. The Kier molecular flexibility index (Phi) is 4.33.